The lowest BCUT2D eigenvalue weighted by atomic mass is 9.92. The van der Waals surface area contributed by atoms with Crippen molar-refractivity contribution < 1.29 is 28.0 Å². The second-order valence-electron chi connectivity index (χ2n) is 15.7. The third-order valence-electron chi connectivity index (χ3n) is 10.5. The van der Waals surface area contributed by atoms with Crippen LogP contribution in [0.1, 0.15) is 91.3 Å². The van der Waals surface area contributed by atoms with Gasteiger partial charge in [-0.3, -0.25) is 30.2 Å². The largest absolute Gasteiger partial charge is 0.494 e. The highest BCUT2D eigenvalue weighted by atomic mass is 19.1. The smallest absolute Gasteiger partial charge is 0.328 e. The fraction of sp³-hybridized carbons (Fsp3) is 0.349. The summed E-state index contributed by atoms with van der Waals surface area (Å²) in [7, 11) is 0. The van der Waals surface area contributed by atoms with E-state index in [2.05, 4.69) is 30.7 Å². The highest BCUT2D eigenvalue weighted by molar-refractivity contribution is 6.14. The minimum absolute atomic E-state index is 0.00821. The van der Waals surface area contributed by atoms with Crippen molar-refractivity contribution >= 4 is 35.1 Å². The summed E-state index contributed by atoms with van der Waals surface area (Å²) in [5.41, 5.74) is 10.0. The number of nitrogens with one attached hydrogen (secondary N) is 3. The summed E-state index contributed by atoms with van der Waals surface area (Å²) in [4.78, 5) is 53.3. The number of pyridine rings is 2. The molecule has 0 atom stereocenters. The minimum atomic E-state index is -0.614. The Morgan fingerprint density at radius 3 is 2.46 bits per heavy atom. The summed E-state index contributed by atoms with van der Waals surface area (Å²) in [6.07, 6.45) is 6.60. The van der Waals surface area contributed by atoms with Crippen molar-refractivity contribution in [2.75, 3.05) is 43.4 Å². The number of urea groups is 1. The van der Waals surface area contributed by atoms with Gasteiger partial charge in [-0.1, -0.05) is 44.1 Å². The number of nitrogen functional groups attached to an aromatic ring is 1. The number of halogens is 1. The Morgan fingerprint density at radius 2 is 1.78 bits per heavy atom. The standard InChI is InChI=1S/C43H47FN10O5/c1-43(2,3)41-51-40(59-52-41)39(56)49-24-29-6-5-27(22-34(29)44)37(45)33-21-30(25-48-38(33)46)28-7-12-35(47-23-28)26-13-17-53(18-14-26)16-4-20-58-32-10-8-31(9-11-32)54-19-15-36(55)50-42(54)57/h5-12,21-23,25-26,45H,4,13-20,24H2,1-3H3,(H2,46,48)(H,49,56)(H,50,55,57). The van der Waals surface area contributed by atoms with Crippen LogP contribution in [-0.2, 0) is 16.8 Å². The number of piperidine rings is 1. The number of anilines is 2. The molecular formula is C43H47FN10O5. The van der Waals surface area contributed by atoms with E-state index in [0.29, 0.717) is 36.0 Å². The molecule has 2 fully saturated rings. The number of aromatic nitrogens is 4. The van der Waals surface area contributed by atoms with E-state index >= 15 is 4.39 Å². The van der Waals surface area contributed by atoms with Crippen LogP contribution in [0.15, 0.2) is 77.6 Å². The summed E-state index contributed by atoms with van der Waals surface area (Å²) in [6, 6.07) is 17.1. The van der Waals surface area contributed by atoms with Gasteiger partial charge in [0.1, 0.15) is 17.4 Å². The van der Waals surface area contributed by atoms with E-state index in [4.69, 9.17) is 25.4 Å². The number of rotatable bonds is 13. The fourth-order valence-electron chi connectivity index (χ4n) is 6.99. The normalized spacial score (nSPS) is 15.2. The van der Waals surface area contributed by atoms with E-state index < -0.39 is 23.2 Å². The van der Waals surface area contributed by atoms with Crippen LogP contribution in [0.25, 0.3) is 11.1 Å². The number of likely N-dealkylation sites (tertiary alicyclic amines) is 1. The van der Waals surface area contributed by atoms with Gasteiger partial charge in [-0.05, 0) is 74.8 Å². The maximum atomic E-state index is 15.2. The third-order valence-corrected chi connectivity index (χ3v) is 10.5. The van der Waals surface area contributed by atoms with Crippen molar-refractivity contribution in [1.29, 1.82) is 5.41 Å². The number of amides is 4. The van der Waals surface area contributed by atoms with Gasteiger partial charge in [-0.15, -0.1) is 0 Å². The molecule has 4 amide bonds. The number of hydrogen-bond donors (Lipinski definition) is 4. The summed E-state index contributed by atoms with van der Waals surface area (Å²) < 4.78 is 26.2. The molecule has 2 aliphatic heterocycles. The van der Waals surface area contributed by atoms with Crippen LogP contribution in [0.3, 0.4) is 0 Å². The fourth-order valence-corrected chi connectivity index (χ4v) is 6.99. The molecule has 5 aromatic rings. The van der Waals surface area contributed by atoms with Crippen molar-refractivity contribution in [3.63, 3.8) is 0 Å². The first-order valence-electron chi connectivity index (χ1n) is 19.6. The number of nitrogens with two attached hydrogens (primary N) is 1. The van der Waals surface area contributed by atoms with E-state index in [1.165, 1.54) is 12.1 Å². The number of carbonyl (C=O) groups is 3. The molecule has 306 valence electrons. The van der Waals surface area contributed by atoms with E-state index in [-0.39, 0.29) is 41.9 Å². The van der Waals surface area contributed by atoms with Gasteiger partial charge in [0, 0.05) is 89.0 Å². The van der Waals surface area contributed by atoms with Crippen LogP contribution < -0.4 is 26.0 Å². The molecule has 7 rings (SSSR count). The molecule has 16 heteroatoms. The molecule has 0 unspecified atom stereocenters. The molecule has 5 heterocycles. The van der Waals surface area contributed by atoms with E-state index in [9.17, 15) is 14.4 Å². The topological polar surface area (TPSA) is 206 Å². The van der Waals surface area contributed by atoms with Crippen molar-refractivity contribution in [2.45, 2.75) is 64.3 Å². The molecule has 0 saturated carbocycles. The van der Waals surface area contributed by atoms with Crippen LogP contribution in [-0.4, -0.2) is 81.4 Å². The molecule has 15 nitrogen and oxygen atoms in total. The van der Waals surface area contributed by atoms with Gasteiger partial charge in [0.25, 0.3) is 0 Å². The third kappa shape index (κ3) is 9.77. The zero-order valence-corrected chi connectivity index (χ0v) is 33.3. The quantitative estimate of drug-likeness (QED) is 0.0804. The molecular weight excluding hydrogens is 756 g/mol. The van der Waals surface area contributed by atoms with E-state index in [1.807, 2.05) is 63.4 Å². The summed E-state index contributed by atoms with van der Waals surface area (Å²) in [6.45, 7) is 9.37. The predicted molar refractivity (Wildman–Crippen MR) is 219 cm³/mol. The van der Waals surface area contributed by atoms with E-state index in [1.54, 1.807) is 23.2 Å². The maximum Gasteiger partial charge on any atom is 0.328 e. The van der Waals surface area contributed by atoms with Gasteiger partial charge in [-0.25, -0.2) is 14.2 Å². The van der Waals surface area contributed by atoms with Crippen LogP contribution in [0.2, 0.25) is 0 Å². The maximum absolute atomic E-state index is 15.2. The average Bonchev–Trinajstić information content (AvgIpc) is 3.75. The lowest BCUT2D eigenvalue weighted by Crippen LogP contribution is -2.49. The molecule has 0 aliphatic carbocycles. The average molecular weight is 803 g/mol. The molecule has 3 aromatic heterocycles. The van der Waals surface area contributed by atoms with Crippen LogP contribution in [0.4, 0.5) is 20.7 Å². The lowest BCUT2D eigenvalue weighted by Gasteiger charge is -2.31. The van der Waals surface area contributed by atoms with Crippen LogP contribution in [0, 0.1) is 11.2 Å². The number of nitrogens with zero attached hydrogens (tertiary/aromatic N) is 6. The SMILES string of the molecule is CC(C)(C)c1noc(C(=O)NCc2ccc(C(=N)c3cc(-c4ccc(C5CCN(CCCOc6ccc(N7CCC(=O)NC7=O)cc6)CC5)nc4)cnc3N)cc2F)n1. The van der Waals surface area contributed by atoms with Gasteiger partial charge in [0.05, 0.1) is 12.3 Å². The molecule has 0 bridgehead atoms. The number of hydrogen-bond acceptors (Lipinski definition) is 12. The lowest BCUT2D eigenvalue weighted by molar-refractivity contribution is -0.120. The zero-order valence-electron chi connectivity index (χ0n) is 33.3. The Hall–Kier alpha value is -6.55. The Balaban J connectivity index is 0.873. The highest BCUT2D eigenvalue weighted by Crippen LogP contribution is 2.30. The second kappa shape index (κ2) is 17.5. The number of ether oxygens (including phenoxy) is 1. The van der Waals surface area contributed by atoms with Crippen molar-refractivity contribution in [3.8, 4) is 16.9 Å². The van der Waals surface area contributed by atoms with Gasteiger partial charge in [0.15, 0.2) is 5.82 Å². The van der Waals surface area contributed by atoms with Gasteiger partial charge < -0.3 is 25.2 Å². The summed E-state index contributed by atoms with van der Waals surface area (Å²) >= 11 is 0. The van der Waals surface area contributed by atoms with Crippen LogP contribution >= 0.6 is 0 Å². The van der Waals surface area contributed by atoms with Crippen molar-refractivity contribution in [3.05, 3.63) is 113 Å². The molecule has 0 radical (unpaired) electrons. The zero-order chi connectivity index (χ0) is 41.7. The Kier molecular flexibility index (Phi) is 12.1. The number of benzene rings is 2. The van der Waals surface area contributed by atoms with Crippen LogP contribution in [0.5, 0.6) is 5.75 Å². The van der Waals surface area contributed by atoms with Crippen molar-refractivity contribution in [1.82, 2.24) is 35.6 Å². The summed E-state index contributed by atoms with van der Waals surface area (Å²) in [5, 5.41) is 17.7. The minimum Gasteiger partial charge on any atom is -0.494 e. The van der Waals surface area contributed by atoms with Gasteiger partial charge in [-0.2, -0.15) is 4.98 Å². The molecule has 2 saturated heterocycles. The Bertz CT molecular complexity index is 2330. The first-order valence-corrected chi connectivity index (χ1v) is 19.6. The molecule has 59 heavy (non-hydrogen) atoms. The van der Waals surface area contributed by atoms with Gasteiger partial charge in [0.2, 0.25) is 5.91 Å². The highest BCUT2D eigenvalue weighted by Gasteiger charge is 2.26. The first kappa shape index (κ1) is 40.6. The summed E-state index contributed by atoms with van der Waals surface area (Å²) in [5.74, 6) is -0.0548. The van der Waals surface area contributed by atoms with E-state index in [0.717, 1.165) is 67.2 Å². The molecule has 2 aliphatic rings. The van der Waals surface area contributed by atoms with Crippen molar-refractivity contribution in [2.24, 2.45) is 0 Å². The Morgan fingerprint density at radius 1 is 1.02 bits per heavy atom. The molecule has 5 N–H and O–H groups in total. The number of imide groups is 1. The first-order chi connectivity index (χ1) is 28.3. The molecule has 0 spiro atoms. The second-order valence-corrected chi connectivity index (χ2v) is 15.7. The molecule has 2 aromatic carbocycles. The monoisotopic (exact) mass is 802 g/mol. The predicted octanol–water partition coefficient (Wildman–Crippen LogP) is 5.99. The Labute approximate surface area is 341 Å². The number of carbonyl (C=O) groups excluding carboxylic acids is 3. The van der Waals surface area contributed by atoms with Gasteiger partial charge >= 0.3 is 17.8 Å².